The number of thiophene rings is 1. The highest BCUT2D eigenvalue weighted by Crippen LogP contribution is 2.23. The van der Waals surface area contributed by atoms with E-state index in [0.29, 0.717) is 6.54 Å². The monoisotopic (exact) mass is 269 g/mol. The van der Waals surface area contributed by atoms with Gasteiger partial charge in [-0.15, -0.1) is 0 Å². The summed E-state index contributed by atoms with van der Waals surface area (Å²) in [5.74, 6) is 0. The number of aromatic nitrogens is 2. The zero-order chi connectivity index (χ0) is 13.1. The largest absolute Gasteiger partial charge is 0.328 e. The predicted molar refractivity (Wildman–Crippen MR) is 79.2 cm³/mol. The molecule has 19 heavy (non-hydrogen) atoms. The first-order valence-electron chi connectivity index (χ1n) is 6.20. The molecule has 3 nitrogen and oxygen atoms in total. The van der Waals surface area contributed by atoms with Crippen molar-refractivity contribution in [1.82, 2.24) is 9.78 Å². The van der Waals surface area contributed by atoms with Gasteiger partial charge >= 0.3 is 0 Å². The number of nitrogens with two attached hydrogens (primary N) is 1. The fourth-order valence-corrected chi connectivity index (χ4v) is 2.86. The lowest BCUT2D eigenvalue weighted by Crippen LogP contribution is -2.20. The van der Waals surface area contributed by atoms with Crippen LogP contribution in [0.15, 0.2) is 59.6 Å². The number of hydrogen-bond acceptors (Lipinski definition) is 3. The van der Waals surface area contributed by atoms with Crippen LogP contribution in [0, 0.1) is 0 Å². The lowest BCUT2D eigenvalue weighted by atomic mass is 10.1. The summed E-state index contributed by atoms with van der Waals surface area (Å²) in [7, 11) is 0. The molecule has 0 fully saturated rings. The molecule has 96 valence electrons. The number of rotatable bonds is 4. The first kappa shape index (κ1) is 12.1. The maximum Gasteiger partial charge on any atom is 0.0898 e. The Kier molecular flexibility index (Phi) is 3.44. The standard InChI is InChI=1S/C15H15N3S/c16-8-15(13-6-7-19-11-13)18-10-14(9-17-18)12-4-2-1-3-5-12/h1-7,9-11,15H,8,16H2. The summed E-state index contributed by atoms with van der Waals surface area (Å²) in [6, 6.07) is 12.5. The summed E-state index contributed by atoms with van der Waals surface area (Å²) in [6.45, 7) is 0.548. The van der Waals surface area contributed by atoms with E-state index in [0.717, 1.165) is 5.56 Å². The van der Waals surface area contributed by atoms with Crippen molar-refractivity contribution in [3.05, 3.63) is 65.1 Å². The van der Waals surface area contributed by atoms with Crippen LogP contribution >= 0.6 is 11.3 Å². The molecule has 3 aromatic rings. The average molecular weight is 269 g/mol. The molecular weight excluding hydrogens is 254 g/mol. The molecule has 0 aliphatic carbocycles. The highest BCUT2D eigenvalue weighted by Gasteiger charge is 2.13. The molecule has 0 spiro atoms. The molecule has 3 rings (SSSR count). The van der Waals surface area contributed by atoms with Gasteiger partial charge in [-0.25, -0.2) is 0 Å². The smallest absolute Gasteiger partial charge is 0.0898 e. The Bertz CT molecular complexity index is 628. The van der Waals surface area contributed by atoms with Crippen molar-refractivity contribution >= 4 is 11.3 Å². The van der Waals surface area contributed by atoms with Gasteiger partial charge in [0.25, 0.3) is 0 Å². The Morgan fingerprint density at radius 1 is 1.16 bits per heavy atom. The quantitative estimate of drug-likeness (QED) is 0.790. The van der Waals surface area contributed by atoms with Crippen LogP contribution in [-0.2, 0) is 0 Å². The minimum atomic E-state index is 0.115. The first-order chi connectivity index (χ1) is 9.38. The van der Waals surface area contributed by atoms with Gasteiger partial charge in [-0.2, -0.15) is 16.4 Å². The van der Waals surface area contributed by atoms with Crippen LogP contribution in [0.5, 0.6) is 0 Å². The van der Waals surface area contributed by atoms with E-state index >= 15 is 0 Å². The van der Waals surface area contributed by atoms with Crippen LogP contribution in [0.2, 0.25) is 0 Å². The van der Waals surface area contributed by atoms with Crippen LogP contribution in [0.3, 0.4) is 0 Å². The number of hydrogen-bond donors (Lipinski definition) is 1. The SMILES string of the molecule is NCC(c1ccsc1)n1cc(-c2ccccc2)cn1. The summed E-state index contributed by atoms with van der Waals surface area (Å²) >= 11 is 1.68. The highest BCUT2D eigenvalue weighted by molar-refractivity contribution is 7.07. The van der Waals surface area contributed by atoms with Gasteiger partial charge in [-0.1, -0.05) is 30.3 Å². The van der Waals surface area contributed by atoms with Gasteiger partial charge in [0.15, 0.2) is 0 Å². The van der Waals surface area contributed by atoms with Gasteiger partial charge in [0.1, 0.15) is 0 Å². The Morgan fingerprint density at radius 2 is 2.00 bits per heavy atom. The molecule has 0 amide bonds. The maximum absolute atomic E-state index is 5.89. The van der Waals surface area contributed by atoms with E-state index in [1.54, 1.807) is 11.3 Å². The minimum Gasteiger partial charge on any atom is -0.328 e. The predicted octanol–water partition coefficient (Wildman–Crippen LogP) is 3.16. The van der Waals surface area contributed by atoms with Crippen LogP contribution in [0.1, 0.15) is 11.6 Å². The molecule has 2 heterocycles. The van der Waals surface area contributed by atoms with Crippen molar-refractivity contribution < 1.29 is 0 Å². The van der Waals surface area contributed by atoms with Crippen LogP contribution < -0.4 is 5.73 Å². The first-order valence-corrected chi connectivity index (χ1v) is 7.14. The van der Waals surface area contributed by atoms with Crippen molar-refractivity contribution in [2.24, 2.45) is 5.73 Å². The lowest BCUT2D eigenvalue weighted by Gasteiger charge is -2.13. The fraction of sp³-hybridized carbons (Fsp3) is 0.133. The summed E-state index contributed by atoms with van der Waals surface area (Å²) in [5.41, 5.74) is 9.40. The third-order valence-corrected chi connectivity index (χ3v) is 3.88. The number of nitrogens with zero attached hydrogens (tertiary/aromatic N) is 2. The molecule has 1 atom stereocenters. The molecular formula is C15H15N3S. The molecule has 2 N–H and O–H groups in total. The third-order valence-electron chi connectivity index (χ3n) is 3.18. The van der Waals surface area contributed by atoms with Crippen molar-refractivity contribution in [2.45, 2.75) is 6.04 Å². The Morgan fingerprint density at radius 3 is 2.68 bits per heavy atom. The second kappa shape index (κ2) is 5.38. The van der Waals surface area contributed by atoms with Gasteiger partial charge in [0.2, 0.25) is 0 Å². The lowest BCUT2D eigenvalue weighted by molar-refractivity contribution is 0.533. The van der Waals surface area contributed by atoms with Crippen LogP contribution in [-0.4, -0.2) is 16.3 Å². The Hall–Kier alpha value is -1.91. The molecule has 0 aliphatic heterocycles. The molecule has 0 bridgehead atoms. The molecule has 0 radical (unpaired) electrons. The zero-order valence-electron chi connectivity index (χ0n) is 10.4. The van der Waals surface area contributed by atoms with Crippen molar-refractivity contribution in [3.8, 4) is 11.1 Å². The van der Waals surface area contributed by atoms with E-state index in [1.807, 2.05) is 29.1 Å². The fourth-order valence-electron chi connectivity index (χ4n) is 2.15. The summed E-state index contributed by atoms with van der Waals surface area (Å²) in [5, 5.41) is 8.66. The molecule has 2 aromatic heterocycles. The van der Waals surface area contributed by atoms with Gasteiger partial charge in [-0.05, 0) is 28.0 Å². The van der Waals surface area contributed by atoms with Crippen molar-refractivity contribution in [1.29, 1.82) is 0 Å². The van der Waals surface area contributed by atoms with Crippen LogP contribution in [0.4, 0.5) is 0 Å². The second-order valence-corrected chi connectivity index (χ2v) is 5.16. The van der Waals surface area contributed by atoms with Gasteiger partial charge in [0, 0.05) is 18.3 Å². The van der Waals surface area contributed by atoms with Gasteiger partial charge < -0.3 is 5.73 Å². The van der Waals surface area contributed by atoms with E-state index in [4.69, 9.17) is 5.73 Å². The molecule has 4 heteroatoms. The van der Waals surface area contributed by atoms with E-state index in [9.17, 15) is 0 Å². The molecule has 0 saturated carbocycles. The third kappa shape index (κ3) is 2.45. The normalized spacial score (nSPS) is 12.5. The topological polar surface area (TPSA) is 43.8 Å². The maximum atomic E-state index is 5.89. The zero-order valence-corrected chi connectivity index (χ0v) is 11.3. The van der Waals surface area contributed by atoms with Crippen LogP contribution in [0.25, 0.3) is 11.1 Å². The van der Waals surface area contributed by atoms with Gasteiger partial charge in [-0.3, -0.25) is 4.68 Å². The van der Waals surface area contributed by atoms with Crippen molar-refractivity contribution in [2.75, 3.05) is 6.54 Å². The minimum absolute atomic E-state index is 0.115. The van der Waals surface area contributed by atoms with E-state index in [1.165, 1.54) is 11.1 Å². The molecule has 1 aromatic carbocycles. The summed E-state index contributed by atoms with van der Waals surface area (Å²) in [6.07, 6.45) is 3.95. The molecule has 0 aliphatic rings. The van der Waals surface area contributed by atoms with Gasteiger partial charge in [0.05, 0.1) is 12.2 Å². The number of benzene rings is 1. The Labute approximate surface area is 116 Å². The molecule has 0 saturated heterocycles. The molecule has 1 unspecified atom stereocenters. The average Bonchev–Trinajstić information content (AvgIpc) is 3.12. The van der Waals surface area contributed by atoms with E-state index in [-0.39, 0.29) is 6.04 Å². The Balaban J connectivity index is 1.93. The van der Waals surface area contributed by atoms with Crippen molar-refractivity contribution in [3.63, 3.8) is 0 Å². The second-order valence-electron chi connectivity index (χ2n) is 4.38. The summed E-state index contributed by atoms with van der Waals surface area (Å²) in [4.78, 5) is 0. The summed E-state index contributed by atoms with van der Waals surface area (Å²) < 4.78 is 1.95. The highest BCUT2D eigenvalue weighted by atomic mass is 32.1. The van der Waals surface area contributed by atoms with E-state index in [2.05, 4.69) is 40.3 Å². The van der Waals surface area contributed by atoms with E-state index < -0.39 is 0 Å².